The van der Waals surface area contributed by atoms with Crippen LogP contribution in [0.3, 0.4) is 0 Å². The summed E-state index contributed by atoms with van der Waals surface area (Å²) in [4.78, 5) is 0. The van der Waals surface area contributed by atoms with Crippen molar-refractivity contribution in [2.45, 2.75) is 39.7 Å². The van der Waals surface area contributed by atoms with E-state index in [1.807, 2.05) is 0 Å². The zero-order chi connectivity index (χ0) is 12.3. The number of rotatable bonds is 4. The summed E-state index contributed by atoms with van der Waals surface area (Å²) < 4.78 is 26.9. The molecule has 0 radical (unpaired) electrons. The van der Waals surface area contributed by atoms with Gasteiger partial charge < -0.3 is 5.73 Å². The minimum Gasteiger partial charge on any atom is -0.324 e. The predicted molar refractivity (Wildman–Crippen MR) is 62.1 cm³/mol. The smallest absolute Gasteiger partial charge is 0.163 e. The van der Waals surface area contributed by atoms with Gasteiger partial charge in [0.05, 0.1) is 0 Å². The van der Waals surface area contributed by atoms with Gasteiger partial charge in [-0.25, -0.2) is 8.78 Å². The van der Waals surface area contributed by atoms with Crippen molar-refractivity contribution in [2.75, 3.05) is 0 Å². The standard InChI is InChI=1S/C13H19F2N/c1-8(2)4-7-11(16)10-6-5-9(3)12(14)13(10)15/h5-6,8,11H,4,7,16H2,1-3H3. The molecule has 0 aliphatic carbocycles. The Morgan fingerprint density at radius 2 is 1.75 bits per heavy atom. The van der Waals surface area contributed by atoms with Gasteiger partial charge >= 0.3 is 0 Å². The zero-order valence-electron chi connectivity index (χ0n) is 10.1. The molecule has 16 heavy (non-hydrogen) atoms. The van der Waals surface area contributed by atoms with Gasteiger partial charge in [0.1, 0.15) is 0 Å². The number of hydrogen-bond acceptors (Lipinski definition) is 1. The average Bonchev–Trinajstić information content (AvgIpc) is 2.23. The van der Waals surface area contributed by atoms with Gasteiger partial charge in [-0.05, 0) is 31.2 Å². The van der Waals surface area contributed by atoms with Crippen LogP contribution in [0.25, 0.3) is 0 Å². The lowest BCUT2D eigenvalue weighted by atomic mass is 9.97. The molecule has 0 aliphatic rings. The number of hydrogen-bond donors (Lipinski definition) is 1. The molecule has 90 valence electrons. The summed E-state index contributed by atoms with van der Waals surface area (Å²) in [6.45, 7) is 5.71. The predicted octanol–water partition coefficient (Wildman–Crippen LogP) is 3.71. The Labute approximate surface area is 95.7 Å². The molecule has 0 fully saturated rings. The molecule has 0 aliphatic heterocycles. The summed E-state index contributed by atoms with van der Waals surface area (Å²) in [6.07, 6.45) is 1.59. The quantitative estimate of drug-likeness (QED) is 0.833. The highest BCUT2D eigenvalue weighted by Gasteiger charge is 2.16. The minimum absolute atomic E-state index is 0.281. The third-order valence-electron chi connectivity index (χ3n) is 2.76. The first-order valence-corrected chi connectivity index (χ1v) is 5.63. The van der Waals surface area contributed by atoms with Crippen LogP contribution in [0.2, 0.25) is 0 Å². The third kappa shape index (κ3) is 3.01. The lowest BCUT2D eigenvalue weighted by molar-refractivity contribution is 0.460. The highest BCUT2D eigenvalue weighted by Crippen LogP contribution is 2.24. The van der Waals surface area contributed by atoms with E-state index in [4.69, 9.17) is 5.73 Å². The van der Waals surface area contributed by atoms with Crippen LogP contribution in [0.1, 0.15) is 43.9 Å². The van der Waals surface area contributed by atoms with Crippen molar-refractivity contribution in [3.8, 4) is 0 Å². The van der Waals surface area contributed by atoms with Gasteiger partial charge in [-0.3, -0.25) is 0 Å². The second-order valence-electron chi connectivity index (χ2n) is 4.68. The number of aryl methyl sites for hydroxylation is 1. The molecule has 0 heterocycles. The van der Waals surface area contributed by atoms with Gasteiger partial charge in [0, 0.05) is 11.6 Å². The van der Waals surface area contributed by atoms with E-state index in [2.05, 4.69) is 13.8 Å². The SMILES string of the molecule is Cc1ccc(C(N)CCC(C)C)c(F)c1F. The van der Waals surface area contributed by atoms with Gasteiger partial charge in [0.25, 0.3) is 0 Å². The second kappa shape index (κ2) is 5.39. The Kier molecular flexibility index (Phi) is 4.42. The van der Waals surface area contributed by atoms with E-state index in [1.165, 1.54) is 0 Å². The van der Waals surface area contributed by atoms with E-state index >= 15 is 0 Å². The van der Waals surface area contributed by atoms with Crippen LogP contribution in [-0.2, 0) is 0 Å². The topological polar surface area (TPSA) is 26.0 Å². The van der Waals surface area contributed by atoms with Gasteiger partial charge in [-0.2, -0.15) is 0 Å². The molecule has 2 N–H and O–H groups in total. The van der Waals surface area contributed by atoms with E-state index in [-0.39, 0.29) is 5.56 Å². The summed E-state index contributed by atoms with van der Waals surface area (Å²) in [5.41, 5.74) is 6.45. The molecule has 1 rings (SSSR count). The fourth-order valence-corrected chi connectivity index (χ4v) is 1.62. The van der Waals surface area contributed by atoms with Gasteiger partial charge in [0.15, 0.2) is 11.6 Å². The zero-order valence-corrected chi connectivity index (χ0v) is 10.1. The molecule has 0 amide bonds. The average molecular weight is 227 g/mol. The summed E-state index contributed by atoms with van der Waals surface area (Å²) in [5.74, 6) is -1.06. The van der Waals surface area contributed by atoms with Crippen LogP contribution in [0.15, 0.2) is 12.1 Å². The Morgan fingerprint density at radius 1 is 1.12 bits per heavy atom. The molecule has 1 atom stereocenters. The van der Waals surface area contributed by atoms with Crippen LogP contribution < -0.4 is 5.73 Å². The van der Waals surface area contributed by atoms with Crippen LogP contribution in [0, 0.1) is 24.5 Å². The van der Waals surface area contributed by atoms with Crippen LogP contribution >= 0.6 is 0 Å². The molecule has 3 heteroatoms. The largest absolute Gasteiger partial charge is 0.324 e. The highest BCUT2D eigenvalue weighted by atomic mass is 19.2. The summed E-state index contributed by atoms with van der Waals surface area (Å²) in [7, 11) is 0. The van der Waals surface area contributed by atoms with E-state index in [0.717, 1.165) is 6.42 Å². The molecule has 0 saturated carbocycles. The molecule has 1 unspecified atom stereocenters. The lowest BCUT2D eigenvalue weighted by Crippen LogP contribution is -2.14. The summed E-state index contributed by atoms with van der Waals surface area (Å²) in [5, 5.41) is 0. The summed E-state index contributed by atoms with van der Waals surface area (Å²) >= 11 is 0. The summed E-state index contributed by atoms with van der Waals surface area (Å²) in [6, 6.07) is 2.74. The van der Waals surface area contributed by atoms with Crippen LogP contribution in [0.5, 0.6) is 0 Å². The first kappa shape index (κ1) is 13.1. The first-order valence-electron chi connectivity index (χ1n) is 5.63. The Bertz CT molecular complexity index is 361. The number of halogens is 2. The molecule has 1 aromatic carbocycles. The Balaban J connectivity index is 2.84. The minimum atomic E-state index is -0.795. The Hall–Kier alpha value is -0.960. The van der Waals surface area contributed by atoms with Gasteiger partial charge in [-0.15, -0.1) is 0 Å². The second-order valence-corrected chi connectivity index (χ2v) is 4.68. The van der Waals surface area contributed by atoms with E-state index in [1.54, 1.807) is 19.1 Å². The molecular formula is C13H19F2N. The van der Waals surface area contributed by atoms with Crippen molar-refractivity contribution in [2.24, 2.45) is 11.7 Å². The van der Waals surface area contributed by atoms with Crippen molar-refractivity contribution >= 4 is 0 Å². The first-order chi connectivity index (χ1) is 7.43. The van der Waals surface area contributed by atoms with Crippen molar-refractivity contribution in [3.05, 3.63) is 34.9 Å². The van der Waals surface area contributed by atoms with Crippen LogP contribution in [0.4, 0.5) is 8.78 Å². The fraction of sp³-hybridized carbons (Fsp3) is 0.538. The van der Waals surface area contributed by atoms with E-state index < -0.39 is 17.7 Å². The van der Waals surface area contributed by atoms with Crippen molar-refractivity contribution < 1.29 is 8.78 Å². The van der Waals surface area contributed by atoms with Gasteiger partial charge in [0.2, 0.25) is 0 Å². The molecule has 0 bridgehead atoms. The highest BCUT2D eigenvalue weighted by molar-refractivity contribution is 5.27. The number of nitrogens with two attached hydrogens (primary N) is 1. The maximum Gasteiger partial charge on any atom is 0.163 e. The number of benzene rings is 1. The maximum absolute atomic E-state index is 13.6. The molecule has 0 saturated heterocycles. The van der Waals surface area contributed by atoms with E-state index in [9.17, 15) is 8.78 Å². The third-order valence-corrected chi connectivity index (χ3v) is 2.76. The maximum atomic E-state index is 13.6. The van der Waals surface area contributed by atoms with Crippen molar-refractivity contribution in [1.29, 1.82) is 0 Å². The van der Waals surface area contributed by atoms with Crippen LogP contribution in [-0.4, -0.2) is 0 Å². The lowest BCUT2D eigenvalue weighted by Gasteiger charge is -2.15. The Morgan fingerprint density at radius 3 is 2.31 bits per heavy atom. The normalized spacial score (nSPS) is 13.2. The molecule has 0 aromatic heterocycles. The van der Waals surface area contributed by atoms with Crippen molar-refractivity contribution in [3.63, 3.8) is 0 Å². The molecule has 1 aromatic rings. The monoisotopic (exact) mass is 227 g/mol. The van der Waals surface area contributed by atoms with Gasteiger partial charge in [-0.1, -0.05) is 26.0 Å². The van der Waals surface area contributed by atoms with E-state index in [0.29, 0.717) is 17.9 Å². The molecular weight excluding hydrogens is 208 g/mol. The molecule has 0 spiro atoms. The fourth-order valence-electron chi connectivity index (χ4n) is 1.62. The van der Waals surface area contributed by atoms with Crippen molar-refractivity contribution in [1.82, 2.24) is 0 Å². The molecule has 1 nitrogen and oxygen atoms in total.